The molecular formula is C9H17N3O3S. The zero-order chi connectivity index (χ0) is 12.2. The van der Waals surface area contributed by atoms with Crippen molar-refractivity contribution in [1.29, 1.82) is 0 Å². The van der Waals surface area contributed by atoms with Crippen LogP contribution >= 0.6 is 0 Å². The Morgan fingerprint density at radius 3 is 2.69 bits per heavy atom. The van der Waals surface area contributed by atoms with Gasteiger partial charge in [-0.3, -0.25) is 0 Å². The Bertz CT molecular complexity index is 423. The quantitative estimate of drug-likeness (QED) is 0.767. The summed E-state index contributed by atoms with van der Waals surface area (Å²) in [7, 11) is -3.11. The fourth-order valence-corrected chi connectivity index (χ4v) is 1.89. The molecule has 1 aromatic rings. The molecule has 0 fully saturated rings. The van der Waals surface area contributed by atoms with Gasteiger partial charge in [0.15, 0.2) is 15.7 Å². The third kappa shape index (κ3) is 4.28. The van der Waals surface area contributed by atoms with E-state index in [0.29, 0.717) is 24.8 Å². The minimum atomic E-state index is -3.11. The molecule has 0 saturated carbocycles. The smallest absolute Gasteiger partial charge is 0.227 e. The summed E-state index contributed by atoms with van der Waals surface area (Å²) in [6.07, 6.45) is 2.67. The van der Waals surface area contributed by atoms with E-state index < -0.39 is 9.84 Å². The van der Waals surface area contributed by atoms with Gasteiger partial charge in [0.05, 0.1) is 0 Å². The molecule has 0 aliphatic carbocycles. The van der Waals surface area contributed by atoms with Crippen molar-refractivity contribution in [1.82, 2.24) is 10.1 Å². The van der Waals surface area contributed by atoms with Crippen molar-refractivity contribution in [3.05, 3.63) is 11.7 Å². The summed E-state index contributed by atoms with van der Waals surface area (Å²) < 4.78 is 27.0. The lowest BCUT2D eigenvalue weighted by atomic mass is 10.0. The van der Waals surface area contributed by atoms with E-state index in [-0.39, 0.29) is 11.6 Å². The van der Waals surface area contributed by atoms with Gasteiger partial charge in [-0.05, 0) is 12.5 Å². The lowest BCUT2D eigenvalue weighted by Crippen LogP contribution is -2.16. The summed E-state index contributed by atoms with van der Waals surface area (Å²) in [5.74, 6) is 0.780. The van der Waals surface area contributed by atoms with Crippen molar-refractivity contribution in [2.45, 2.75) is 25.5 Å². The van der Waals surface area contributed by atoms with Gasteiger partial charge < -0.3 is 10.3 Å². The first-order valence-corrected chi connectivity index (χ1v) is 7.20. The van der Waals surface area contributed by atoms with Crippen LogP contribution in [-0.4, -0.2) is 31.4 Å². The third-order valence-corrected chi connectivity index (χ3v) is 3.06. The molecule has 1 unspecified atom stereocenters. The maximum Gasteiger partial charge on any atom is 0.227 e. The number of rotatable bonds is 6. The SMILES string of the molecule is CCC(CN)Cc1nc(CS(C)(=O)=O)no1. The highest BCUT2D eigenvalue weighted by Gasteiger charge is 2.14. The monoisotopic (exact) mass is 247 g/mol. The lowest BCUT2D eigenvalue weighted by Gasteiger charge is -2.07. The average Bonchev–Trinajstić information content (AvgIpc) is 2.59. The molecule has 0 amide bonds. The highest BCUT2D eigenvalue weighted by atomic mass is 32.2. The van der Waals surface area contributed by atoms with E-state index in [1.165, 1.54) is 0 Å². The third-order valence-electron chi connectivity index (χ3n) is 2.28. The van der Waals surface area contributed by atoms with Gasteiger partial charge >= 0.3 is 0 Å². The molecule has 0 aliphatic heterocycles. The Hall–Kier alpha value is -0.950. The minimum absolute atomic E-state index is 0.185. The topological polar surface area (TPSA) is 99.1 Å². The highest BCUT2D eigenvalue weighted by Crippen LogP contribution is 2.10. The van der Waals surface area contributed by atoms with Gasteiger partial charge in [0.2, 0.25) is 5.89 Å². The van der Waals surface area contributed by atoms with Gasteiger partial charge in [-0.25, -0.2) is 8.42 Å². The van der Waals surface area contributed by atoms with Crippen molar-refractivity contribution in [2.24, 2.45) is 11.7 Å². The van der Waals surface area contributed by atoms with Crippen LogP contribution in [0.4, 0.5) is 0 Å². The van der Waals surface area contributed by atoms with Crippen molar-refractivity contribution < 1.29 is 12.9 Å². The average molecular weight is 247 g/mol. The molecular weight excluding hydrogens is 230 g/mol. The molecule has 0 aliphatic rings. The van der Waals surface area contributed by atoms with Gasteiger partial charge in [-0.2, -0.15) is 4.98 Å². The van der Waals surface area contributed by atoms with Crippen LogP contribution in [0.5, 0.6) is 0 Å². The van der Waals surface area contributed by atoms with Crippen molar-refractivity contribution in [3.8, 4) is 0 Å². The number of aromatic nitrogens is 2. The second kappa shape index (κ2) is 5.40. The molecule has 7 heteroatoms. The summed E-state index contributed by atoms with van der Waals surface area (Å²) >= 11 is 0. The van der Waals surface area contributed by atoms with Crippen LogP contribution in [0.15, 0.2) is 4.52 Å². The van der Waals surface area contributed by atoms with Crippen molar-refractivity contribution >= 4 is 9.84 Å². The summed E-state index contributed by atoms with van der Waals surface area (Å²) in [6, 6.07) is 0. The zero-order valence-corrected chi connectivity index (χ0v) is 10.3. The molecule has 0 radical (unpaired) electrons. The van der Waals surface area contributed by atoms with Crippen LogP contribution in [0.2, 0.25) is 0 Å². The van der Waals surface area contributed by atoms with Gasteiger partial charge in [-0.15, -0.1) is 0 Å². The van der Waals surface area contributed by atoms with Crippen molar-refractivity contribution in [2.75, 3.05) is 12.8 Å². The van der Waals surface area contributed by atoms with E-state index in [9.17, 15) is 8.42 Å². The van der Waals surface area contributed by atoms with Gasteiger partial charge in [0.25, 0.3) is 0 Å². The van der Waals surface area contributed by atoms with E-state index in [0.717, 1.165) is 12.7 Å². The number of hydrogen-bond acceptors (Lipinski definition) is 6. The van der Waals surface area contributed by atoms with Crippen LogP contribution in [0.3, 0.4) is 0 Å². The largest absolute Gasteiger partial charge is 0.339 e. The maximum atomic E-state index is 11.0. The summed E-state index contributed by atoms with van der Waals surface area (Å²) in [5.41, 5.74) is 5.55. The Kier molecular flexibility index (Phi) is 4.43. The fraction of sp³-hybridized carbons (Fsp3) is 0.778. The zero-order valence-electron chi connectivity index (χ0n) is 9.51. The number of nitrogens with zero attached hydrogens (tertiary/aromatic N) is 2. The van der Waals surface area contributed by atoms with Crippen LogP contribution in [0, 0.1) is 5.92 Å². The van der Waals surface area contributed by atoms with E-state index >= 15 is 0 Å². The number of hydrogen-bond donors (Lipinski definition) is 1. The summed E-state index contributed by atoms with van der Waals surface area (Å²) in [5, 5.41) is 3.62. The molecule has 0 bridgehead atoms. The molecule has 0 saturated heterocycles. The maximum absolute atomic E-state index is 11.0. The second-order valence-electron chi connectivity index (χ2n) is 3.89. The van der Waals surface area contributed by atoms with Crippen LogP contribution < -0.4 is 5.73 Å². The second-order valence-corrected chi connectivity index (χ2v) is 6.03. The van der Waals surface area contributed by atoms with Gasteiger partial charge in [-0.1, -0.05) is 18.5 Å². The van der Waals surface area contributed by atoms with E-state index in [1.807, 2.05) is 6.92 Å². The molecule has 0 spiro atoms. The van der Waals surface area contributed by atoms with Crippen LogP contribution in [0.1, 0.15) is 25.1 Å². The molecule has 0 aromatic carbocycles. The number of nitrogens with two attached hydrogens (primary N) is 1. The van der Waals surface area contributed by atoms with Gasteiger partial charge in [0.1, 0.15) is 5.75 Å². The molecule has 92 valence electrons. The molecule has 1 heterocycles. The molecule has 2 N–H and O–H groups in total. The van der Waals surface area contributed by atoms with Crippen LogP contribution in [0.25, 0.3) is 0 Å². The first-order valence-electron chi connectivity index (χ1n) is 5.13. The fourth-order valence-electron chi connectivity index (χ4n) is 1.31. The predicted octanol–water partition coefficient (Wildman–Crippen LogP) is 0.142. The molecule has 16 heavy (non-hydrogen) atoms. The molecule has 1 rings (SSSR count). The summed E-state index contributed by atoms with van der Waals surface area (Å²) in [6.45, 7) is 2.59. The molecule has 6 nitrogen and oxygen atoms in total. The Balaban J connectivity index is 2.64. The van der Waals surface area contributed by atoms with Crippen molar-refractivity contribution in [3.63, 3.8) is 0 Å². The normalized spacial score (nSPS) is 13.9. The van der Waals surface area contributed by atoms with Crippen LogP contribution in [-0.2, 0) is 22.0 Å². The first-order chi connectivity index (χ1) is 7.44. The minimum Gasteiger partial charge on any atom is -0.339 e. The number of sulfone groups is 1. The van der Waals surface area contributed by atoms with E-state index in [1.54, 1.807) is 0 Å². The molecule has 1 aromatic heterocycles. The Morgan fingerprint density at radius 2 is 2.19 bits per heavy atom. The standard InChI is InChI=1S/C9H17N3O3S/c1-3-7(5-10)4-9-11-8(12-15-9)6-16(2,13)14/h7H,3-6,10H2,1-2H3. The first kappa shape index (κ1) is 13.1. The predicted molar refractivity (Wildman–Crippen MR) is 59.4 cm³/mol. The lowest BCUT2D eigenvalue weighted by molar-refractivity contribution is 0.347. The Morgan fingerprint density at radius 1 is 1.50 bits per heavy atom. The Labute approximate surface area is 95.1 Å². The summed E-state index contributed by atoms with van der Waals surface area (Å²) in [4.78, 5) is 4.02. The molecule has 1 atom stereocenters. The highest BCUT2D eigenvalue weighted by molar-refractivity contribution is 7.89. The van der Waals surface area contributed by atoms with E-state index in [4.69, 9.17) is 10.3 Å². The van der Waals surface area contributed by atoms with Gasteiger partial charge in [0, 0.05) is 12.7 Å². The van der Waals surface area contributed by atoms with E-state index in [2.05, 4.69) is 10.1 Å².